The van der Waals surface area contributed by atoms with Crippen molar-refractivity contribution in [2.24, 2.45) is 0 Å². The lowest BCUT2D eigenvalue weighted by Crippen LogP contribution is -2.42. The summed E-state index contributed by atoms with van der Waals surface area (Å²) < 4.78 is 6.53. The second kappa shape index (κ2) is 4.95. The molecule has 0 spiro atoms. The van der Waals surface area contributed by atoms with E-state index in [9.17, 15) is 4.79 Å². The maximum absolute atomic E-state index is 12.2. The monoisotopic (exact) mass is 360 g/mol. The molecule has 0 atom stereocenters. The summed E-state index contributed by atoms with van der Waals surface area (Å²) in [5.74, 6) is 0. The molecule has 1 aliphatic heterocycles. The van der Waals surface area contributed by atoms with E-state index in [0.29, 0.717) is 6.54 Å². The molecule has 2 rings (SSSR count). The summed E-state index contributed by atoms with van der Waals surface area (Å²) in [7, 11) is 0. The van der Waals surface area contributed by atoms with Crippen molar-refractivity contribution in [1.82, 2.24) is 0 Å². The number of benzene rings is 1. The number of ether oxygens (including phenoxy) is 1. The highest BCUT2D eigenvalue weighted by atomic mass is 127. The molecule has 1 N–H and O–H groups in total. The number of hydrogen-bond donors (Lipinski definition) is 1. The number of carbonyl (C=O) groups is 1. The van der Waals surface area contributed by atoms with E-state index in [1.165, 1.54) is 0 Å². The van der Waals surface area contributed by atoms with Gasteiger partial charge in [0.1, 0.15) is 5.60 Å². The Bertz CT molecular complexity index is 469. The summed E-state index contributed by atoms with van der Waals surface area (Å²) in [5, 5.41) is 3.28. The maximum Gasteiger partial charge on any atom is 0.414 e. The molecular formula is C13H17IN2O2. The minimum atomic E-state index is -0.468. The Morgan fingerprint density at radius 3 is 2.83 bits per heavy atom. The zero-order valence-corrected chi connectivity index (χ0v) is 12.9. The predicted octanol–water partition coefficient (Wildman–Crippen LogP) is 3.46. The fraction of sp³-hybridized carbons (Fsp3) is 0.462. The summed E-state index contributed by atoms with van der Waals surface area (Å²) in [6.45, 7) is 7.00. The zero-order valence-electron chi connectivity index (χ0n) is 10.8. The summed E-state index contributed by atoms with van der Waals surface area (Å²) in [4.78, 5) is 13.9. The van der Waals surface area contributed by atoms with Crippen molar-refractivity contribution in [3.05, 3.63) is 21.8 Å². The van der Waals surface area contributed by atoms with Gasteiger partial charge in [0.15, 0.2) is 0 Å². The molecule has 0 bridgehead atoms. The second-order valence-corrected chi connectivity index (χ2v) is 6.47. The Balaban J connectivity index is 2.27. The van der Waals surface area contributed by atoms with Crippen LogP contribution in [0.5, 0.6) is 0 Å². The normalized spacial score (nSPS) is 14.8. The fourth-order valence-corrected chi connectivity index (χ4v) is 2.28. The van der Waals surface area contributed by atoms with Gasteiger partial charge in [-0.15, -0.1) is 0 Å². The molecule has 0 aliphatic carbocycles. The number of nitrogens with one attached hydrogen (secondary N) is 1. The van der Waals surface area contributed by atoms with Gasteiger partial charge in [-0.3, -0.25) is 4.90 Å². The first-order valence-electron chi connectivity index (χ1n) is 5.91. The van der Waals surface area contributed by atoms with Crippen molar-refractivity contribution in [3.8, 4) is 0 Å². The number of anilines is 2. The molecule has 0 unspecified atom stereocenters. The minimum Gasteiger partial charge on any atom is -0.443 e. The van der Waals surface area contributed by atoms with Gasteiger partial charge in [0, 0.05) is 16.7 Å². The summed E-state index contributed by atoms with van der Waals surface area (Å²) in [6, 6.07) is 6.00. The SMILES string of the molecule is CC(C)(C)OC(=O)N1CCNc2ccc(I)cc21. The van der Waals surface area contributed by atoms with Crippen molar-refractivity contribution in [2.45, 2.75) is 26.4 Å². The van der Waals surface area contributed by atoms with Crippen LogP contribution in [0.4, 0.5) is 16.2 Å². The molecule has 1 aliphatic rings. The summed E-state index contributed by atoms with van der Waals surface area (Å²) in [6.07, 6.45) is -0.285. The molecule has 0 saturated heterocycles. The first-order chi connectivity index (χ1) is 8.37. The van der Waals surface area contributed by atoms with E-state index in [0.717, 1.165) is 21.5 Å². The first kappa shape index (κ1) is 13.5. The molecule has 1 aromatic carbocycles. The molecule has 18 heavy (non-hydrogen) atoms. The average molecular weight is 360 g/mol. The number of hydrogen-bond acceptors (Lipinski definition) is 3. The smallest absolute Gasteiger partial charge is 0.414 e. The van der Waals surface area contributed by atoms with Crippen LogP contribution in [0, 0.1) is 3.57 Å². The van der Waals surface area contributed by atoms with Crippen molar-refractivity contribution < 1.29 is 9.53 Å². The largest absolute Gasteiger partial charge is 0.443 e. The van der Waals surface area contributed by atoms with Crippen LogP contribution in [0.15, 0.2) is 18.2 Å². The standard InChI is InChI=1S/C13H17IN2O2/c1-13(2,3)18-12(17)16-7-6-15-10-5-4-9(14)8-11(10)16/h4-5,8,15H,6-7H2,1-3H3. The lowest BCUT2D eigenvalue weighted by Gasteiger charge is -2.32. The van der Waals surface area contributed by atoms with E-state index in [2.05, 4.69) is 27.9 Å². The Kier molecular flexibility index (Phi) is 3.70. The van der Waals surface area contributed by atoms with Crippen LogP contribution in [-0.2, 0) is 4.74 Å². The number of rotatable bonds is 0. The van der Waals surface area contributed by atoms with Gasteiger partial charge in [-0.05, 0) is 61.6 Å². The maximum atomic E-state index is 12.2. The quantitative estimate of drug-likeness (QED) is 0.721. The minimum absolute atomic E-state index is 0.285. The first-order valence-corrected chi connectivity index (χ1v) is 6.99. The molecule has 0 fully saturated rings. The van der Waals surface area contributed by atoms with Gasteiger partial charge >= 0.3 is 6.09 Å². The van der Waals surface area contributed by atoms with E-state index in [1.807, 2.05) is 39.0 Å². The molecule has 1 aromatic rings. The van der Waals surface area contributed by atoms with Crippen molar-refractivity contribution in [2.75, 3.05) is 23.3 Å². The molecule has 4 nitrogen and oxygen atoms in total. The van der Waals surface area contributed by atoms with Crippen molar-refractivity contribution in [3.63, 3.8) is 0 Å². The highest BCUT2D eigenvalue weighted by Gasteiger charge is 2.27. The van der Waals surface area contributed by atoms with E-state index >= 15 is 0 Å². The highest BCUT2D eigenvalue weighted by Crippen LogP contribution is 2.31. The van der Waals surface area contributed by atoms with Gasteiger partial charge in [0.25, 0.3) is 0 Å². The molecule has 98 valence electrons. The van der Waals surface area contributed by atoms with E-state index < -0.39 is 5.60 Å². The van der Waals surface area contributed by atoms with Crippen molar-refractivity contribution in [1.29, 1.82) is 0 Å². The number of nitrogens with zero attached hydrogens (tertiary/aromatic N) is 1. The zero-order chi connectivity index (χ0) is 13.3. The third-order valence-corrected chi connectivity index (χ3v) is 3.19. The lowest BCUT2D eigenvalue weighted by atomic mass is 10.2. The predicted molar refractivity (Wildman–Crippen MR) is 81.2 cm³/mol. The number of fused-ring (bicyclic) bond motifs is 1. The van der Waals surface area contributed by atoms with Gasteiger partial charge in [-0.1, -0.05) is 0 Å². The highest BCUT2D eigenvalue weighted by molar-refractivity contribution is 14.1. The van der Waals surface area contributed by atoms with Gasteiger partial charge in [0.2, 0.25) is 0 Å². The van der Waals surface area contributed by atoms with Gasteiger partial charge in [0.05, 0.1) is 11.4 Å². The van der Waals surface area contributed by atoms with Crippen LogP contribution in [-0.4, -0.2) is 24.8 Å². The average Bonchev–Trinajstić information content (AvgIpc) is 2.25. The Labute approximate surface area is 121 Å². The number of carbonyl (C=O) groups excluding carboxylic acids is 1. The van der Waals surface area contributed by atoms with E-state index in [4.69, 9.17) is 4.74 Å². The van der Waals surface area contributed by atoms with Crippen molar-refractivity contribution >= 4 is 40.1 Å². The molecular weight excluding hydrogens is 343 g/mol. The third-order valence-electron chi connectivity index (χ3n) is 2.52. The molecule has 5 heteroatoms. The van der Waals surface area contributed by atoms with Gasteiger partial charge in [-0.25, -0.2) is 4.79 Å². The molecule has 1 heterocycles. The van der Waals surface area contributed by atoms with Crippen LogP contribution >= 0.6 is 22.6 Å². The second-order valence-electron chi connectivity index (χ2n) is 5.22. The number of halogens is 1. The van der Waals surface area contributed by atoms with Crippen LogP contribution in [0.25, 0.3) is 0 Å². The fourth-order valence-electron chi connectivity index (χ4n) is 1.81. The van der Waals surface area contributed by atoms with Crippen LogP contribution in [0.1, 0.15) is 20.8 Å². The Morgan fingerprint density at radius 1 is 1.44 bits per heavy atom. The van der Waals surface area contributed by atoms with Gasteiger partial charge < -0.3 is 10.1 Å². The van der Waals surface area contributed by atoms with E-state index in [1.54, 1.807) is 4.90 Å². The summed E-state index contributed by atoms with van der Waals surface area (Å²) in [5.41, 5.74) is 1.40. The molecule has 0 radical (unpaired) electrons. The van der Waals surface area contributed by atoms with Crippen LogP contribution < -0.4 is 10.2 Å². The third kappa shape index (κ3) is 3.07. The Morgan fingerprint density at radius 2 is 2.17 bits per heavy atom. The van der Waals surface area contributed by atoms with Gasteiger partial charge in [-0.2, -0.15) is 0 Å². The lowest BCUT2D eigenvalue weighted by molar-refractivity contribution is 0.0581. The number of amides is 1. The van der Waals surface area contributed by atoms with Crippen LogP contribution in [0.2, 0.25) is 0 Å². The van der Waals surface area contributed by atoms with Crippen LogP contribution in [0.3, 0.4) is 0 Å². The molecule has 1 amide bonds. The molecule has 0 aromatic heterocycles. The Hall–Kier alpha value is -0.980. The van der Waals surface area contributed by atoms with E-state index in [-0.39, 0.29) is 6.09 Å². The summed E-state index contributed by atoms with van der Waals surface area (Å²) >= 11 is 2.24. The molecule has 0 saturated carbocycles. The topological polar surface area (TPSA) is 41.6 Å².